The summed E-state index contributed by atoms with van der Waals surface area (Å²) in [4.78, 5) is 15.2. The Labute approximate surface area is 223 Å². The molecule has 1 aliphatic rings. The van der Waals surface area contributed by atoms with Crippen molar-refractivity contribution in [3.63, 3.8) is 0 Å². The molecule has 0 amide bonds. The van der Waals surface area contributed by atoms with Crippen molar-refractivity contribution in [1.82, 2.24) is 4.90 Å². The minimum absolute atomic E-state index is 0.240. The van der Waals surface area contributed by atoms with Gasteiger partial charge in [-0.05, 0) is 79.2 Å². The summed E-state index contributed by atoms with van der Waals surface area (Å²) in [5.41, 5.74) is 4.67. The van der Waals surface area contributed by atoms with Gasteiger partial charge in [-0.2, -0.15) is 0 Å². The lowest BCUT2D eigenvalue weighted by Gasteiger charge is -2.22. The van der Waals surface area contributed by atoms with Crippen LogP contribution in [0.2, 0.25) is 0 Å². The monoisotopic (exact) mass is 523 g/mol. The van der Waals surface area contributed by atoms with Crippen molar-refractivity contribution in [3.8, 4) is 22.3 Å². The average Bonchev–Trinajstić information content (AvgIpc) is 3.12. The molecule has 0 aromatic heterocycles. The highest BCUT2D eigenvalue weighted by molar-refractivity contribution is 6.13. The van der Waals surface area contributed by atoms with Crippen LogP contribution >= 0.6 is 0 Å². The predicted molar refractivity (Wildman–Crippen MR) is 148 cm³/mol. The van der Waals surface area contributed by atoms with E-state index in [-0.39, 0.29) is 5.56 Å². The third-order valence-electron chi connectivity index (χ3n) is 7.41. The Balaban J connectivity index is 1.83. The minimum Gasteiger partial charge on any atom is -0.465 e. The number of rotatable bonds is 4. The van der Waals surface area contributed by atoms with Crippen LogP contribution in [-0.4, -0.2) is 24.5 Å². The summed E-state index contributed by atoms with van der Waals surface area (Å²) >= 11 is 0. The SMILES string of the molecule is C=CCN1Cc2c(C(=O)OC)cc3ccccc3c2-c2c(c(-c3cc(F)c(F)c(F)c3)cc3ccccc23)C1. The summed E-state index contributed by atoms with van der Waals surface area (Å²) in [5.74, 6) is -4.44. The number of carbonyl (C=O) groups excluding carboxylic acids is 1. The Hall–Kier alpha value is -4.42. The summed E-state index contributed by atoms with van der Waals surface area (Å²) in [5, 5.41) is 3.61. The number of methoxy groups -OCH3 is 1. The maximum Gasteiger partial charge on any atom is 0.338 e. The molecule has 5 aromatic rings. The zero-order valence-electron chi connectivity index (χ0n) is 21.2. The first-order valence-electron chi connectivity index (χ1n) is 12.6. The van der Waals surface area contributed by atoms with Gasteiger partial charge in [-0.1, -0.05) is 54.6 Å². The number of carbonyl (C=O) groups is 1. The molecule has 1 aliphatic heterocycles. The topological polar surface area (TPSA) is 29.5 Å². The lowest BCUT2D eigenvalue weighted by Crippen LogP contribution is -2.23. The molecule has 1 heterocycles. The zero-order valence-corrected chi connectivity index (χ0v) is 21.2. The number of ether oxygens (including phenoxy) is 1. The average molecular weight is 524 g/mol. The van der Waals surface area contributed by atoms with Crippen molar-refractivity contribution in [2.45, 2.75) is 13.1 Å². The van der Waals surface area contributed by atoms with Gasteiger partial charge < -0.3 is 4.74 Å². The van der Waals surface area contributed by atoms with E-state index in [2.05, 4.69) is 11.5 Å². The third kappa shape index (κ3) is 4.08. The molecule has 5 aromatic carbocycles. The summed E-state index contributed by atoms with van der Waals surface area (Å²) < 4.78 is 48.1. The summed E-state index contributed by atoms with van der Waals surface area (Å²) in [7, 11) is 1.36. The first kappa shape index (κ1) is 24.9. The maximum atomic E-state index is 14.5. The summed E-state index contributed by atoms with van der Waals surface area (Å²) in [6.07, 6.45) is 1.78. The molecule has 3 nitrogen and oxygen atoms in total. The Kier molecular flexibility index (Phi) is 6.20. The van der Waals surface area contributed by atoms with Crippen LogP contribution in [0.5, 0.6) is 0 Å². The minimum atomic E-state index is -1.50. The highest BCUT2D eigenvalue weighted by atomic mass is 19.2. The largest absolute Gasteiger partial charge is 0.465 e. The fourth-order valence-electron chi connectivity index (χ4n) is 5.76. The Morgan fingerprint density at radius 2 is 1.44 bits per heavy atom. The molecule has 39 heavy (non-hydrogen) atoms. The van der Waals surface area contributed by atoms with Gasteiger partial charge in [0.05, 0.1) is 12.7 Å². The number of fused-ring (bicyclic) bond motifs is 7. The van der Waals surface area contributed by atoms with Crippen molar-refractivity contribution >= 4 is 27.5 Å². The number of hydrogen-bond donors (Lipinski definition) is 0. The molecule has 0 spiro atoms. The smallest absolute Gasteiger partial charge is 0.338 e. The fourth-order valence-corrected chi connectivity index (χ4v) is 5.76. The molecule has 0 N–H and O–H groups in total. The van der Waals surface area contributed by atoms with E-state index in [1.807, 2.05) is 60.7 Å². The van der Waals surface area contributed by atoms with Gasteiger partial charge in [0, 0.05) is 19.6 Å². The highest BCUT2D eigenvalue weighted by Gasteiger charge is 2.30. The Morgan fingerprint density at radius 1 is 0.872 bits per heavy atom. The molecule has 0 aliphatic carbocycles. The normalized spacial score (nSPS) is 13.1. The molecule has 6 rings (SSSR count). The number of halogens is 3. The molecule has 194 valence electrons. The van der Waals surface area contributed by atoms with E-state index in [0.29, 0.717) is 30.8 Å². The zero-order chi connectivity index (χ0) is 27.3. The standard InChI is InChI=1S/C33H24F3NO2/c1-3-12-37-17-26-24(21-15-28(34)32(36)29(35)16-21)13-19-8-4-6-10-22(19)30(26)31-23-11-7-5-9-20(23)14-25(27(31)18-37)33(38)39-2/h3-11,13-16H,1,12,17-18H2,2H3. The van der Waals surface area contributed by atoms with Crippen molar-refractivity contribution in [2.75, 3.05) is 13.7 Å². The summed E-state index contributed by atoms with van der Waals surface area (Å²) in [6.45, 7) is 5.25. The van der Waals surface area contributed by atoms with E-state index in [1.54, 1.807) is 6.08 Å². The van der Waals surface area contributed by atoms with Gasteiger partial charge >= 0.3 is 5.97 Å². The second-order valence-electron chi connectivity index (χ2n) is 9.70. The quantitative estimate of drug-likeness (QED) is 0.136. The van der Waals surface area contributed by atoms with Crippen molar-refractivity contribution < 1.29 is 22.7 Å². The molecule has 0 saturated heterocycles. The fraction of sp³-hybridized carbons (Fsp3) is 0.121. The van der Waals surface area contributed by atoms with Crippen molar-refractivity contribution in [1.29, 1.82) is 0 Å². The van der Waals surface area contributed by atoms with E-state index < -0.39 is 23.4 Å². The molecule has 6 heteroatoms. The van der Waals surface area contributed by atoms with E-state index >= 15 is 0 Å². The maximum absolute atomic E-state index is 14.5. The number of esters is 1. The molecule has 0 bridgehead atoms. The van der Waals surface area contributed by atoms with Crippen LogP contribution in [0.1, 0.15) is 21.5 Å². The van der Waals surface area contributed by atoms with Gasteiger partial charge in [-0.3, -0.25) is 4.90 Å². The van der Waals surface area contributed by atoms with Crippen LogP contribution in [0.25, 0.3) is 43.8 Å². The number of nitrogens with zero attached hydrogens (tertiary/aromatic N) is 1. The van der Waals surface area contributed by atoms with Crippen molar-refractivity contribution in [2.24, 2.45) is 0 Å². The number of benzene rings is 5. The van der Waals surface area contributed by atoms with Gasteiger partial charge in [0.15, 0.2) is 17.5 Å². The van der Waals surface area contributed by atoms with E-state index in [0.717, 1.165) is 55.9 Å². The van der Waals surface area contributed by atoms with Crippen LogP contribution in [0.15, 0.2) is 85.5 Å². The molecule has 0 saturated carbocycles. The van der Waals surface area contributed by atoms with Crippen LogP contribution < -0.4 is 0 Å². The van der Waals surface area contributed by atoms with Gasteiger partial charge in [0.2, 0.25) is 0 Å². The summed E-state index contributed by atoms with van der Waals surface area (Å²) in [6, 6.07) is 21.4. The number of hydrogen-bond acceptors (Lipinski definition) is 3. The molecule has 0 atom stereocenters. The van der Waals surface area contributed by atoms with Crippen LogP contribution in [0.4, 0.5) is 13.2 Å². The first-order valence-corrected chi connectivity index (χ1v) is 12.6. The molecular weight excluding hydrogens is 499 g/mol. The van der Waals surface area contributed by atoms with Crippen LogP contribution in [-0.2, 0) is 17.8 Å². The van der Waals surface area contributed by atoms with Gasteiger partial charge in [-0.15, -0.1) is 6.58 Å². The van der Waals surface area contributed by atoms with Crippen LogP contribution in [0.3, 0.4) is 0 Å². The van der Waals surface area contributed by atoms with Gasteiger partial charge in [0.25, 0.3) is 0 Å². The Bertz CT molecular complexity index is 1790. The predicted octanol–water partition coefficient (Wildman–Crippen LogP) is 8.03. The Morgan fingerprint density at radius 3 is 2.05 bits per heavy atom. The van der Waals surface area contributed by atoms with E-state index in [4.69, 9.17) is 4.74 Å². The molecule has 0 radical (unpaired) electrons. The first-order chi connectivity index (χ1) is 18.9. The lowest BCUT2D eigenvalue weighted by molar-refractivity contribution is 0.0598. The molecule has 0 fully saturated rings. The third-order valence-corrected chi connectivity index (χ3v) is 7.41. The van der Waals surface area contributed by atoms with Gasteiger partial charge in [-0.25, -0.2) is 18.0 Å². The van der Waals surface area contributed by atoms with Crippen LogP contribution in [0, 0.1) is 17.5 Å². The van der Waals surface area contributed by atoms with E-state index in [1.165, 1.54) is 7.11 Å². The van der Waals surface area contributed by atoms with E-state index in [9.17, 15) is 18.0 Å². The molecular formula is C33H24F3NO2. The second kappa shape index (κ2) is 9.71. The van der Waals surface area contributed by atoms with Gasteiger partial charge in [0.1, 0.15) is 0 Å². The van der Waals surface area contributed by atoms with Crippen molar-refractivity contribution in [3.05, 3.63) is 120 Å². The second-order valence-corrected chi connectivity index (χ2v) is 9.70. The molecule has 0 unspecified atom stereocenters. The lowest BCUT2D eigenvalue weighted by atomic mass is 9.83. The highest BCUT2D eigenvalue weighted by Crippen LogP contribution is 2.47.